The molecule has 0 bridgehead atoms. The molecule has 5 heteroatoms. The number of nitrogens with zero attached hydrogens (tertiary/aromatic N) is 1. The molecule has 2 N–H and O–H groups in total. The second-order valence-electron chi connectivity index (χ2n) is 4.32. The van der Waals surface area contributed by atoms with Crippen LogP contribution in [0.4, 0.5) is 4.39 Å². The van der Waals surface area contributed by atoms with Crippen LogP contribution in [-0.2, 0) is 0 Å². The predicted molar refractivity (Wildman–Crippen MR) is 72.5 cm³/mol. The van der Waals surface area contributed by atoms with Crippen LogP contribution < -0.4 is 5.32 Å². The number of aromatic nitrogens is 1. The van der Waals surface area contributed by atoms with E-state index in [2.05, 4.69) is 10.3 Å². The number of carbonyl (C=O) groups is 1. The number of halogens is 1. The van der Waals surface area contributed by atoms with Gasteiger partial charge < -0.3 is 10.4 Å². The first-order valence-corrected chi connectivity index (χ1v) is 6.29. The number of hydrogen-bond acceptors (Lipinski definition) is 3. The third-order valence-electron chi connectivity index (χ3n) is 2.91. The van der Waals surface area contributed by atoms with Crippen LogP contribution in [0.25, 0.3) is 0 Å². The largest absolute Gasteiger partial charge is 0.396 e. The highest BCUT2D eigenvalue weighted by molar-refractivity contribution is 5.94. The van der Waals surface area contributed by atoms with Crippen LogP contribution in [0.5, 0.6) is 0 Å². The van der Waals surface area contributed by atoms with Crippen molar-refractivity contribution in [1.29, 1.82) is 0 Å². The SMILES string of the molecule is O=C(NC(CCO)c1ccccc1)c1ccnc(F)c1. The number of aliphatic hydroxyl groups is 1. The summed E-state index contributed by atoms with van der Waals surface area (Å²) in [5.74, 6) is -1.09. The molecule has 2 aromatic rings. The van der Waals surface area contributed by atoms with Crippen LogP contribution in [-0.4, -0.2) is 22.6 Å². The fraction of sp³-hybridized carbons (Fsp3) is 0.200. The second kappa shape index (κ2) is 6.77. The summed E-state index contributed by atoms with van der Waals surface area (Å²) >= 11 is 0. The highest BCUT2D eigenvalue weighted by atomic mass is 19.1. The number of amides is 1. The van der Waals surface area contributed by atoms with Gasteiger partial charge >= 0.3 is 0 Å². The molecule has 1 amide bonds. The first-order chi connectivity index (χ1) is 9.70. The highest BCUT2D eigenvalue weighted by Crippen LogP contribution is 2.16. The molecule has 1 aromatic carbocycles. The number of hydrogen-bond donors (Lipinski definition) is 2. The minimum Gasteiger partial charge on any atom is -0.396 e. The molecule has 20 heavy (non-hydrogen) atoms. The molecule has 0 saturated heterocycles. The quantitative estimate of drug-likeness (QED) is 0.820. The van der Waals surface area contributed by atoms with Gasteiger partial charge in [0.05, 0.1) is 6.04 Å². The maximum absolute atomic E-state index is 13.0. The average molecular weight is 274 g/mol. The summed E-state index contributed by atoms with van der Waals surface area (Å²) in [4.78, 5) is 15.5. The molecule has 0 spiro atoms. The molecule has 2 rings (SSSR count). The fourth-order valence-corrected chi connectivity index (χ4v) is 1.92. The average Bonchev–Trinajstić information content (AvgIpc) is 2.47. The Morgan fingerprint density at radius 1 is 1.30 bits per heavy atom. The van der Waals surface area contributed by atoms with Gasteiger partial charge in [-0.1, -0.05) is 30.3 Å². The summed E-state index contributed by atoms with van der Waals surface area (Å²) in [6.45, 7) is -0.0510. The highest BCUT2D eigenvalue weighted by Gasteiger charge is 2.15. The minimum atomic E-state index is -0.698. The van der Waals surface area contributed by atoms with Crippen molar-refractivity contribution in [3.63, 3.8) is 0 Å². The number of rotatable bonds is 5. The molecule has 0 aliphatic carbocycles. The van der Waals surface area contributed by atoms with Gasteiger partial charge in [-0.2, -0.15) is 4.39 Å². The standard InChI is InChI=1S/C15H15FN2O2/c16-14-10-12(6-8-17-14)15(20)18-13(7-9-19)11-4-2-1-3-5-11/h1-6,8,10,13,19H,7,9H2,(H,18,20). The lowest BCUT2D eigenvalue weighted by atomic mass is 10.0. The van der Waals surface area contributed by atoms with Gasteiger partial charge in [0.15, 0.2) is 0 Å². The molecular weight excluding hydrogens is 259 g/mol. The van der Waals surface area contributed by atoms with Crippen molar-refractivity contribution in [3.05, 3.63) is 65.7 Å². The van der Waals surface area contributed by atoms with Crippen LogP contribution >= 0.6 is 0 Å². The van der Waals surface area contributed by atoms with E-state index in [0.717, 1.165) is 11.6 Å². The molecule has 0 aliphatic heterocycles. The molecular formula is C15H15FN2O2. The maximum atomic E-state index is 13.0. The Balaban J connectivity index is 2.14. The Bertz CT molecular complexity index is 575. The third kappa shape index (κ3) is 3.61. The number of pyridine rings is 1. The fourth-order valence-electron chi connectivity index (χ4n) is 1.92. The van der Waals surface area contributed by atoms with E-state index in [1.54, 1.807) is 0 Å². The van der Waals surface area contributed by atoms with Gasteiger partial charge in [-0.25, -0.2) is 4.98 Å². The molecule has 104 valence electrons. The van der Waals surface area contributed by atoms with Crippen molar-refractivity contribution in [3.8, 4) is 0 Å². The van der Waals surface area contributed by atoms with Crippen molar-refractivity contribution < 1.29 is 14.3 Å². The first kappa shape index (κ1) is 14.1. The Morgan fingerprint density at radius 3 is 2.70 bits per heavy atom. The Morgan fingerprint density at radius 2 is 2.05 bits per heavy atom. The molecule has 1 unspecified atom stereocenters. The van der Waals surface area contributed by atoms with E-state index in [-0.39, 0.29) is 18.2 Å². The summed E-state index contributed by atoms with van der Waals surface area (Å²) < 4.78 is 13.0. The van der Waals surface area contributed by atoms with Crippen LogP contribution in [0.3, 0.4) is 0 Å². The van der Waals surface area contributed by atoms with Gasteiger partial charge in [0.25, 0.3) is 5.91 Å². The van der Waals surface area contributed by atoms with E-state index in [9.17, 15) is 9.18 Å². The van der Waals surface area contributed by atoms with Crippen LogP contribution in [0.15, 0.2) is 48.7 Å². The molecule has 0 saturated carbocycles. The van der Waals surface area contributed by atoms with E-state index in [1.807, 2.05) is 30.3 Å². The van der Waals surface area contributed by atoms with Gasteiger partial charge in [0.1, 0.15) is 0 Å². The zero-order valence-corrected chi connectivity index (χ0v) is 10.8. The zero-order chi connectivity index (χ0) is 14.4. The van der Waals surface area contributed by atoms with Gasteiger partial charge in [-0.15, -0.1) is 0 Å². The van der Waals surface area contributed by atoms with E-state index in [4.69, 9.17) is 5.11 Å². The topological polar surface area (TPSA) is 62.2 Å². The molecule has 1 heterocycles. The summed E-state index contributed by atoms with van der Waals surface area (Å²) in [6.07, 6.45) is 1.64. The summed E-state index contributed by atoms with van der Waals surface area (Å²) in [7, 11) is 0. The maximum Gasteiger partial charge on any atom is 0.251 e. The van der Waals surface area contributed by atoms with Crippen LogP contribution in [0, 0.1) is 5.95 Å². The number of carbonyl (C=O) groups excluding carboxylic acids is 1. The minimum absolute atomic E-state index is 0.0510. The molecule has 1 aromatic heterocycles. The Labute approximate surface area is 116 Å². The van der Waals surface area contributed by atoms with Crippen LogP contribution in [0.1, 0.15) is 28.4 Å². The van der Waals surface area contributed by atoms with Gasteiger partial charge in [-0.3, -0.25) is 4.79 Å². The normalized spacial score (nSPS) is 11.9. The summed E-state index contributed by atoms with van der Waals surface area (Å²) in [6, 6.07) is 11.5. The second-order valence-corrected chi connectivity index (χ2v) is 4.32. The van der Waals surface area contributed by atoms with Crippen molar-refractivity contribution in [2.24, 2.45) is 0 Å². The lowest BCUT2D eigenvalue weighted by Gasteiger charge is -2.18. The van der Waals surface area contributed by atoms with Crippen molar-refractivity contribution in [2.75, 3.05) is 6.61 Å². The van der Waals surface area contributed by atoms with Crippen molar-refractivity contribution in [2.45, 2.75) is 12.5 Å². The van der Waals surface area contributed by atoms with E-state index in [0.29, 0.717) is 6.42 Å². The zero-order valence-electron chi connectivity index (χ0n) is 10.8. The van der Waals surface area contributed by atoms with Crippen molar-refractivity contribution in [1.82, 2.24) is 10.3 Å². The first-order valence-electron chi connectivity index (χ1n) is 6.29. The molecule has 0 radical (unpaired) electrons. The smallest absolute Gasteiger partial charge is 0.251 e. The van der Waals surface area contributed by atoms with Crippen molar-refractivity contribution >= 4 is 5.91 Å². The molecule has 0 aliphatic rings. The van der Waals surface area contributed by atoms with Crippen LogP contribution in [0.2, 0.25) is 0 Å². The predicted octanol–water partition coefficient (Wildman–Crippen LogP) is 2.07. The van der Waals surface area contributed by atoms with E-state index in [1.165, 1.54) is 12.3 Å². The van der Waals surface area contributed by atoms with E-state index >= 15 is 0 Å². The molecule has 1 atom stereocenters. The van der Waals surface area contributed by atoms with Gasteiger partial charge in [0.2, 0.25) is 5.95 Å². The Hall–Kier alpha value is -2.27. The monoisotopic (exact) mass is 274 g/mol. The van der Waals surface area contributed by atoms with Gasteiger partial charge in [-0.05, 0) is 18.1 Å². The van der Waals surface area contributed by atoms with Gasteiger partial charge in [0, 0.05) is 24.4 Å². The molecule has 0 fully saturated rings. The molecule has 4 nitrogen and oxygen atoms in total. The number of nitrogens with one attached hydrogen (secondary N) is 1. The number of benzene rings is 1. The lowest BCUT2D eigenvalue weighted by molar-refractivity contribution is 0.0929. The third-order valence-corrected chi connectivity index (χ3v) is 2.91. The summed E-state index contributed by atoms with van der Waals surface area (Å²) in [5, 5.41) is 11.9. The van der Waals surface area contributed by atoms with E-state index < -0.39 is 11.9 Å². The lowest BCUT2D eigenvalue weighted by Crippen LogP contribution is -2.29. The summed E-state index contributed by atoms with van der Waals surface area (Å²) in [5.41, 5.74) is 1.10. The Kier molecular flexibility index (Phi) is 4.79. The number of aliphatic hydroxyl groups excluding tert-OH is 1.